The van der Waals surface area contributed by atoms with Crippen LogP contribution >= 0.6 is 0 Å². The van der Waals surface area contributed by atoms with Gasteiger partial charge in [-0.3, -0.25) is 4.79 Å². The van der Waals surface area contributed by atoms with Gasteiger partial charge in [0.25, 0.3) is 0 Å². The number of fused-ring (bicyclic) bond motifs is 7. The Morgan fingerprint density at radius 1 is 0.699 bits per heavy atom. The number of aliphatic hydroxyl groups is 8. The SMILES string of the molecule is C=C(C)[C@@H]1CC[C@]2(C(=O)NCc3cccc(OC)c3)CC[C@]3(C)[C@H](CC[C@@H]4[C@@]5(C)CC[C@H](O[C@@H]6O[C@H](CO)[C@@H](O[C@@H]7O[C@@H](C)[C@H](O)[C@@H](O)[C@H]7O)[C@H](O)[C@H]6O[C@@H]6O[C@@H](C)[C@H](O)[C@@H](O)[C@H]6O)C(C)(C)[C@@H]5CC[C@]43C)[C@@H]12. The van der Waals surface area contributed by atoms with Crippen LogP contribution in [0.1, 0.15) is 125 Å². The lowest BCUT2D eigenvalue weighted by Gasteiger charge is -2.73. The summed E-state index contributed by atoms with van der Waals surface area (Å²) in [5.41, 5.74) is 1.19. The van der Waals surface area contributed by atoms with Crippen LogP contribution in [-0.4, -0.2) is 159 Å². The first-order valence-electron chi connectivity index (χ1n) is 27.2. The summed E-state index contributed by atoms with van der Waals surface area (Å²) in [5.74, 6) is 2.38. The van der Waals surface area contributed by atoms with Gasteiger partial charge in [-0.1, -0.05) is 58.9 Å². The molecule has 3 saturated heterocycles. The molecular weight excluding hydrogens is 943 g/mol. The van der Waals surface area contributed by atoms with Crippen LogP contribution in [0.25, 0.3) is 0 Å². The fourth-order valence-corrected chi connectivity index (χ4v) is 17.1. The van der Waals surface area contributed by atoms with Crippen LogP contribution in [0.15, 0.2) is 36.4 Å². The third kappa shape index (κ3) is 9.06. The van der Waals surface area contributed by atoms with E-state index in [9.17, 15) is 45.6 Å². The quantitative estimate of drug-likeness (QED) is 0.106. The fourth-order valence-electron chi connectivity index (χ4n) is 17.1. The number of methoxy groups -OCH3 is 1. The number of aliphatic hydroxyl groups excluding tert-OH is 8. The number of hydrogen-bond donors (Lipinski definition) is 9. The molecule has 0 bridgehead atoms. The van der Waals surface area contributed by atoms with Gasteiger partial charge in [0.2, 0.25) is 5.91 Å². The summed E-state index contributed by atoms with van der Waals surface area (Å²) in [5, 5.41) is 90.6. The Labute approximate surface area is 431 Å². The van der Waals surface area contributed by atoms with Gasteiger partial charge in [0, 0.05) is 6.54 Å². The minimum atomic E-state index is -1.74. The van der Waals surface area contributed by atoms with Crippen molar-refractivity contribution in [1.82, 2.24) is 5.32 Å². The monoisotopic (exact) mass is 1030 g/mol. The highest BCUT2D eigenvalue weighted by molar-refractivity contribution is 5.84. The smallest absolute Gasteiger partial charge is 0.226 e. The lowest BCUT2D eigenvalue weighted by molar-refractivity contribution is -0.393. The Bertz CT molecular complexity index is 2150. The maximum atomic E-state index is 14.8. The third-order valence-electron chi connectivity index (χ3n) is 21.3. The van der Waals surface area contributed by atoms with E-state index in [-0.39, 0.29) is 39.9 Å². The van der Waals surface area contributed by atoms with Gasteiger partial charge in [0.05, 0.1) is 37.4 Å². The summed E-state index contributed by atoms with van der Waals surface area (Å²) in [4.78, 5) is 14.8. The number of ether oxygens (including phenoxy) is 7. The molecule has 0 aromatic heterocycles. The number of allylic oxidation sites excluding steroid dienone is 1. The molecule has 5 aliphatic carbocycles. The zero-order valence-corrected chi connectivity index (χ0v) is 44.5. The molecule has 0 unspecified atom stereocenters. The molecule has 8 fully saturated rings. The summed E-state index contributed by atoms with van der Waals surface area (Å²) in [6.45, 7) is 21.6. The highest BCUT2D eigenvalue weighted by Gasteiger charge is 2.72. The molecule has 3 heterocycles. The Balaban J connectivity index is 0.955. The van der Waals surface area contributed by atoms with Gasteiger partial charge in [0.15, 0.2) is 18.9 Å². The van der Waals surface area contributed by atoms with Gasteiger partial charge in [0.1, 0.15) is 66.8 Å². The van der Waals surface area contributed by atoms with E-state index in [0.29, 0.717) is 24.8 Å². The van der Waals surface area contributed by atoms with Crippen LogP contribution in [0.5, 0.6) is 5.75 Å². The number of hydrogen-bond acceptors (Lipinski definition) is 16. The van der Waals surface area contributed by atoms with Crippen LogP contribution in [0, 0.1) is 56.7 Å². The number of rotatable bonds is 12. The highest BCUT2D eigenvalue weighted by atomic mass is 16.8. The maximum absolute atomic E-state index is 14.8. The summed E-state index contributed by atoms with van der Waals surface area (Å²) in [6.07, 6.45) is -13.1. The van der Waals surface area contributed by atoms with E-state index in [1.165, 1.54) is 19.4 Å². The predicted octanol–water partition coefficient (Wildman–Crippen LogP) is 3.86. The molecular formula is C56H87NO16. The van der Waals surface area contributed by atoms with Crippen LogP contribution in [0.2, 0.25) is 0 Å². The van der Waals surface area contributed by atoms with Gasteiger partial charge >= 0.3 is 0 Å². The molecule has 17 nitrogen and oxygen atoms in total. The lowest BCUT2D eigenvalue weighted by Crippen LogP contribution is -2.68. The predicted molar refractivity (Wildman–Crippen MR) is 265 cm³/mol. The number of nitrogens with one attached hydrogen (secondary N) is 1. The van der Waals surface area contributed by atoms with Crippen LogP contribution in [0.3, 0.4) is 0 Å². The first-order valence-corrected chi connectivity index (χ1v) is 27.2. The third-order valence-corrected chi connectivity index (χ3v) is 21.3. The fraction of sp³-hybridized carbons (Fsp3) is 0.839. The number of carbonyl (C=O) groups excluding carboxylic acids is 1. The summed E-state index contributed by atoms with van der Waals surface area (Å²) >= 11 is 0. The van der Waals surface area contributed by atoms with Crippen molar-refractivity contribution < 1.29 is 78.8 Å². The van der Waals surface area contributed by atoms with E-state index in [1.54, 1.807) is 7.11 Å². The second-order valence-electron chi connectivity index (χ2n) is 25.1. The van der Waals surface area contributed by atoms with E-state index < -0.39 is 116 Å². The van der Waals surface area contributed by atoms with Gasteiger partial charge in [-0.15, -0.1) is 0 Å². The summed E-state index contributed by atoms with van der Waals surface area (Å²) in [7, 11) is 1.66. The largest absolute Gasteiger partial charge is 0.497 e. The molecule has 17 heteroatoms. The Morgan fingerprint density at radius 3 is 1.96 bits per heavy atom. The van der Waals surface area contributed by atoms with E-state index in [1.807, 2.05) is 24.3 Å². The zero-order valence-electron chi connectivity index (χ0n) is 44.5. The van der Waals surface area contributed by atoms with Crippen molar-refractivity contribution in [2.24, 2.45) is 56.7 Å². The molecule has 0 radical (unpaired) electrons. The van der Waals surface area contributed by atoms with Gasteiger partial charge < -0.3 is 79.3 Å². The van der Waals surface area contributed by atoms with E-state index in [2.05, 4.69) is 53.4 Å². The zero-order chi connectivity index (χ0) is 52.9. The molecule has 0 spiro atoms. The molecule has 412 valence electrons. The van der Waals surface area contributed by atoms with Crippen LogP contribution < -0.4 is 10.1 Å². The second-order valence-corrected chi connectivity index (χ2v) is 25.1. The average molecular weight is 1030 g/mol. The van der Waals surface area contributed by atoms with Crippen molar-refractivity contribution in [2.75, 3.05) is 13.7 Å². The molecule has 3 aliphatic heterocycles. The van der Waals surface area contributed by atoms with Gasteiger partial charge in [-0.25, -0.2) is 0 Å². The molecule has 1 amide bonds. The Morgan fingerprint density at radius 2 is 1.34 bits per heavy atom. The first-order chi connectivity index (χ1) is 34.4. The topological polar surface area (TPSA) is 256 Å². The van der Waals surface area contributed by atoms with E-state index in [4.69, 9.17) is 33.2 Å². The van der Waals surface area contributed by atoms with Crippen molar-refractivity contribution in [3.63, 3.8) is 0 Å². The van der Waals surface area contributed by atoms with Crippen LogP contribution in [0.4, 0.5) is 0 Å². The molecule has 1 aromatic carbocycles. The Kier molecular flexibility index (Phi) is 15.5. The molecule has 1 aromatic rings. The number of benzene rings is 1. The molecule has 9 N–H and O–H groups in total. The molecule has 8 aliphatic rings. The lowest BCUT2D eigenvalue weighted by atomic mass is 9.32. The van der Waals surface area contributed by atoms with Gasteiger partial charge in [-0.2, -0.15) is 0 Å². The van der Waals surface area contributed by atoms with Crippen molar-refractivity contribution in [3.05, 3.63) is 42.0 Å². The first kappa shape index (κ1) is 55.4. The molecule has 5 saturated carbocycles. The Hall–Kier alpha value is -2.33. The minimum absolute atomic E-state index is 0.00701. The standard InChI is InChI=1S/C56H87NO16/c1-27(2)32-16-21-56(51(66)57-25-30-12-11-13-31(24-30)67-10)23-22-54(8)33(38(32)56)14-15-36-53(7)19-18-37(52(5,6)35(53)17-20-55(36,54)9)71-50-47(73-49-44(64)42(62)40(60)29(4)69-49)45(65)46(34(26-58)70-50)72-48-43(63)41(61)39(59)28(3)68-48/h11-13,24,28-29,32-50,58-65H,1,14-23,25-26H2,2-10H3,(H,57,66)/t28-,29-,32-,33+,34+,35-,36+,37-,38+,39-,40-,41+,42+,43+,44+,45-,46+,47+,48-,49-,50-,53-,54+,55+,56-/m0/s1. The second kappa shape index (κ2) is 20.5. The average Bonchev–Trinajstić information content (AvgIpc) is 3.77. The van der Waals surface area contributed by atoms with Crippen molar-refractivity contribution in [2.45, 2.75) is 224 Å². The highest BCUT2D eigenvalue weighted by Crippen LogP contribution is 2.77. The molecule has 9 rings (SSSR count). The summed E-state index contributed by atoms with van der Waals surface area (Å²) < 4.78 is 42.9. The van der Waals surface area contributed by atoms with E-state index in [0.717, 1.165) is 69.1 Å². The molecule has 25 atom stereocenters. The van der Waals surface area contributed by atoms with Crippen LogP contribution in [-0.2, 0) is 39.8 Å². The van der Waals surface area contributed by atoms with Crippen molar-refractivity contribution in [1.29, 1.82) is 0 Å². The summed E-state index contributed by atoms with van der Waals surface area (Å²) in [6, 6.07) is 7.89. The number of carbonyl (C=O) groups is 1. The van der Waals surface area contributed by atoms with Crippen molar-refractivity contribution >= 4 is 5.91 Å². The van der Waals surface area contributed by atoms with Crippen molar-refractivity contribution in [3.8, 4) is 5.75 Å². The maximum Gasteiger partial charge on any atom is 0.226 e. The minimum Gasteiger partial charge on any atom is -0.497 e. The van der Waals surface area contributed by atoms with Gasteiger partial charge in [-0.05, 0) is 154 Å². The number of amides is 1. The van der Waals surface area contributed by atoms with E-state index >= 15 is 0 Å². The molecule has 73 heavy (non-hydrogen) atoms. The normalized spacial score (nSPS) is 50.4.